The number of hydrogen-bond acceptors (Lipinski definition) is 5. The highest BCUT2D eigenvalue weighted by Crippen LogP contribution is 2.57. The van der Waals surface area contributed by atoms with E-state index in [0.717, 1.165) is 4.90 Å². The number of anilines is 1. The second-order valence-corrected chi connectivity index (χ2v) is 7.52. The number of nitro groups is 1. The van der Waals surface area contributed by atoms with Crippen molar-refractivity contribution in [3.8, 4) is 0 Å². The van der Waals surface area contributed by atoms with E-state index in [0.29, 0.717) is 10.2 Å². The summed E-state index contributed by atoms with van der Waals surface area (Å²) in [6.45, 7) is 3.61. The Morgan fingerprint density at radius 2 is 1.71 bits per heavy atom. The lowest BCUT2D eigenvalue weighted by Crippen LogP contribution is -2.39. The Morgan fingerprint density at radius 1 is 1.17 bits per heavy atom. The number of halogens is 1. The summed E-state index contributed by atoms with van der Waals surface area (Å²) in [5.41, 5.74) is -1.40. The van der Waals surface area contributed by atoms with Crippen LogP contribution in [0.1, 0.15) is 13.8 Å². The standard InChI is InChI=1S/C16H13BrN2O5/c1-15-5-6-16(2,24-15)12-11(15)13(20)18(14(12)21)10-4-3-8(19(22)23)7-9(10)17/h3-7,11-12H,1-2H3/t11-,12-,15-,16-/m1/s1. The fourth-order valence-corrected chi connectivity index (χ4v) is 4.60. The van der Waals surface area contributed by atoms with Crippen molar-refractivity contribution < 1.29 is 19.2 Å². The van der Waals surface area contributed by atoms with Crippen LogP contribution < -0.4 is 4.90 Å². The monoisotopic (exact) mass is 392 g/mol. The molecule has 2 fully saturated rings. The third-order valence-corrected chi connectivity index (χ3v) is 5.74. The molecule has 0 spiro atoms. The van der Waals surface area contributed by atoms with Crippen LogP contribution in [0.2, 0.25) is 0 Å². The SMILES string of the molecule is C[C@]12C=C[C@@](C)(O1)[C@H]1C(=O)N(c3ccc([N+](=O)[O-])cc3Br)C(=O)[C@@H]12. The molecule has 0 radical (unpaired) electrons. The zero-order valence-corrected chi connectivity index (χ0v) is 14.4. The van der Waals surface area contributed by atoms with Gasteiger partial charge in [0.15, 0.2) is 0 Å². The van der Waals surface area contributed by atoms with Gasteiger partial charge in [-0.15, -0.1) is 0 Å². The molecule has 4 rings (SSSR count). The zero-order chi connectivity index (χ0) is 17.4. The predicted octanol–water partition coefficient (Wildman–Crippen LogP) is 2.58. The first-order chi connectivity index (χ1) is 11.2. The van der Waals surface area contributed by atoms with Gasteiger partial charge in [0.25, 0.3) is 5.69 Å². The van der Waals surface area contributed by atoms with Gasteiger partial charge in [0.05, 0.1) is 33.6 Å². The van der Waals surface area contributed by atoms with E-state index in [9.17, 15) is 19.7 Å². The van der Waals surface area contributed by atoms with Crippen LogP contribution in [0.3, 0.4) is 0 Å². The summed E-state index contributed by atoms with van der Waals surface area (Å²) in [5, 5.41) is 10.9. The molecule has 1 aromatic carbocycles. The lowest BCUT2D eigenvalue weighted by atomic mass is 9.73. The minimum atomic E-state index is -0.797. The average Bonchev–Trinajstić information content (AvgIpc) is 3.04. The number of nitrogens with zero attached hydrogens (tertiary/aromatic N) is 2. The van der Waals surface area contributed by atoms with E-state index in [2.05, 4.69) is 15.9 Å². The lowest BCUT2D eigenvalue weighted by molar-refractivity contribution is -0.384. The van der Waals surface area contributed by atoms with Crippen LogP contribution in [-0.4, -0.2) is 27.9 Å². The first kappa shape index (κ1) is 15.5. The third-order valence-electron chi connectivity index (χ3n) is 5.11. The number of benzene rings is 1. The Balaban J connectivity index is 1.79. The maximum Gasteiger partial charge on any atom is 0.270 e. The molecule has 7 nitrogen and oxygen atoms in total. The second-order valence-electron chi connectivity index (χ2n) is 6.66. The van der Waals surface area contributed by atoms with E-state index in [4.69, 9.17) is 4.74 Å². The second kappa shape index (κ2) is 4.52. The molecule has 0 saturated carbocycles. The molecule has 0 unspecified atom stereocenters. The highest BCUT2D eigenvalue weighted by Gasteiger charge is 2.70. The number of rotatable bonds is 2. The minimum Gasteiger partial charge on any atom is -0.359 e. The van der Waals surface area contributed by atoms with Gasteiger partial charge in [0.2, 0.25) is 11.8 Å². The largest absolute Gasteiger partial charge is 0.359 e. The molecular formula is C16H13BrN2O5. The van der Waals surface area contributed by atoms with Crippen LogP contribution in [0, 0.1) is 22.0 Å². The van der Waals surface area contributed by atoms with Gasteiger partial charge in [0.1, 0.15) is 0 Å². The number of carbonyl (C=O) groups excluding carboxylic acids is 2. The Morgan fingerprint density at radius 3 is 2.17 bits per heavy atom. The Bertz CT molecular complexity index is 817. The van der Waals surface area contributed by atoms with Gasteiger partial charge in [-0.2, -0.15) is 0 Å². The van der Waals surface area contributed by atoms with E-state index in [-0.39, 0.29) is 17.5 Å². The van der Waals surface area contributed by atoms with Crippen molar-refractivity contribution in [2.75, 3.05) is 4.90 Å². The number of hydrogen-bond donors (Lipinski definition) is 0. The molecule has 0 aliphatic carbocycles. The van der Waals surface area contributed by atoms with Gasteiger partial charge in [-0.25, -0.2) is 4.90 Å². The summed E-state index contributed by atoms with van der Waals surface area (Å²) in [4.78, 5) is 37.3. The number of ether oxygens (including phenoxy) is 1. The van der Waals surface area contributed by atoms with E-state index in [1.807, 2.05) is 12.2 Å². The fraction of sp³-hybridized carbons (Fsp3) is 0.375. The Hall–Kier alpha value is -2.06. The van der Waals surface area contributed by atoms with Crippen molar-refractivity contribution in [1.29, 1.82) is 0 Å². The molecule has 24 heavy (non-hydrogen) atoms. The smallest absolute Gasteiger partial charge is 0.270 e. The summed E-state index contributed by atoms with van der Waals surface area (Å²) in [6.07, 6.45) is 3.68. The highest BCUT2D eigenvalue weighted by molar-refractivity contribution is 9.10. The normalized spacial score (nSPS) is 36.5. The van der Waals surface area contributed by atoms with Gasteiger partial charge in [0, 0.05) is 16.6 Å². The van der Waals surface area contributed by atoms with Crippen LogP contribution in [0.25, 0.3) is 0 Å². The summed E-state index contributed by atoms with van der Waals surface area (Å²) < 4.78 is 6.27. The first-order valence-corrected chi connectivity index (χ1v) is 8.19. The zero-order valence-electron chi connectivity index (χ0n) is 12.9. The summed E-state index contributed by atoms with van der Waals surface area (Å²) in [7, 11) is 0. The van der Waals surface area contributed by atoms with Crippen LogP contribution in [0.15, 0.2) is 34.8 Å². The number of amides is 2. The molecule has 124 valence electrons. The molecule has 1 aromatic rings. The van der Waals surface area contributed by atoms with Gasteiger partial charge in [-0.05, 0) is 35.8 Å². The summed E-state index contributed by atoms with van der Waals surface area (Å²) in [6, 6.07) is 3.98. The van der Waals surface area contributed by atoms with E-state index < -0.39 is 28.0 Å². The molecule has 3 aliphatic rings. The number of fused-ring (bicyclic) bond motifs is 5. The minimum absolute atomic E-state index is 0.117. The Kier molecular flexibility index (Phi) is 2.91. The fourth-order valence-electron chi connectivity index (χ4n) is 4.06. The molecule has 4 atom stereocenters. The maximum absolute atomic E-state index is 12.9. The molecule has 3 aliphatic heterocycles. The van der Waals surface area contributed by atoms with Crippen molar-refractivity contribution in [2.45, 2.75) is 25.0 Å². The molecule has 8 heteroatoms. The van der Waals surface area contributed by atoms with Gasteiger partial charge in [-0.1, -0.05) is 12.2 Å². The van der Waals surface area contributed by atoms with Crippen molar-refractivity contribution in [3.05, 3.63) is 44.9 Å². The molecule has 2 bridgehead atoms. The van der Waals surface area contributed by atoms with Crippen molar-refractivity contribution in [2.24, 2.45) is 11.8 Å². The van der Waals surface area contributed by atoms with Gasteiger partial charge >= 0.3 is 0 Å². The van der Waals surface area contributed by atoms with Crippen LogP contribution in [-0.2, 0) is 14.3 Å². The topological polar surface area (TPSA) is 89.8 Å². The molecule has 3 heterocycles. The third kappa shape index (κ3) is 1.75. The predicted molar refractivity (Wildman–Crippen MR) is 87.3 cm³/mol. The van der Waals surface area contributed by atoms with Crippen LogP contribution in [0.4, 0.5) is 11.4 Å². The number of nitro benzene ring substituents is 1. The van der Waals surface area contributed by atoms with Crippen molar-refractivity contribution in [1.82, 2.24) is 0 Å². The van der Waals surface area contributed by atoms with Gasteiger partial charge < -0.3 is 4.74 Å². The molecule has 2 saturated heterocycles. The highest BCUT2D eigenvalue weighted by atomic mass is 79.9. The number of non-ortho nitro benzene ring substituents is 1. The van der Waals surface area contributed by atoms with Crippen LogP contribution in [0.5, 0.6) is 0 Å². The Labute approximate surface area is 145 Å². The number of imide groups is 1. The van der Waals surface area contributed by atoms with Crippen molar-refractivity contribution in [3.63, 3.8) is 0 Å². The summed E-state index contributed by atoms with van der Waals surface area (Å²) >= 11 is 3.24. The van der Waals surface area contributed by atoms with Crippen molar-refractivity contribution >= 4 is 39.1 Å². The first-order valence-electron chi connectivity index (χ1n) is 7.40. The van der Waals surface area contributed by atoms with E-state index >= 15 is 0 Å². The summed E-state index contributed by atoms with van der Waals surface area (Å²) in [5.74, 6) is -1.84. The van der Waals surface area contributed by atoms with E-state index in [1.54, 1.807) is 13.8 Å². The average molecular weight is 393 g/mol. The van der Waals surface area contributed by atoms with Crippen LogP contribution >= 0.6 is 15.9 Å². The van der Waals surface area contributed by atoms with E-state index in [1.165, 1.54) is 18.2 Å². The molecule has 0 N–H and O–H groups in total. The van der Waals surface area contributed by atoms with Gasteiger partial charge in [-0.3, -0.25) is 19.7 Å². The molecule has 0 aromatic heterocycles. The quantitative estimate of drug-likeness (QED) is 0.334. The molecule has 2 amide bonds. The number of carbonyl (C=O) groups is 2. The molecular weight excluding hydrogens is 380 g/mol. The maximum atomic E-state index is 12.9. The lowest BCUT2D eigenvalue weighted by Gasteiger charge is -2.25.